The van der Waals surface area contributed by atoms with Gasteiger partial charge in [0, 0.05) is 13.2 Å². The fourth-order valence-corrected chi connectivity index (χ4v) is 2.13. The maximum atomic E-state index is 11.7. The fourth-order valence-electron chi connectivity index (χ4n) is 2.13. The molecule has 0 aliphatic heterocycles. The second kappa shape index (κ2) is 10.2. The van der Waals surface area contributed by atoms with Crippen molar-refractivity contribution in [3.05, 3.63) is 42.0 Å². The lowest BCUT2D eigenvalue weighted by Gasteiger charge is -2.20. The number of carbonyl (C=O) groups is 1. The maximum Gasteiger partial charge on any atom is 0.330 e. The molecule has 0 spiro atoms. The summed E-state index contributed by atoms with van der Waals surface area (Å²) in [6, 6.07) is 9.72. The van der Waals surface area contributed by atoms with Crippen molar-refractivity contribution in [1.82, 2.24) is 0 Å². The van der Waals surface area contributed by atoms with Gasteiger partial charge in [-0.15, -0.1) is 0 Å². The number of carbonyl (C=O) groups excluding carboxylic acids is 1. The summed E-state index contributed by atoms with van der Waals surface area (Å²) in [4.78, 5) is 11.7. The Bertz CT molecular complexity index is 421. The van der Waals surface area contributed by atoms with Gasteiger partial charge in [-0.05, 0) is 36.8 Å². The normalized spacial score (nSPS) is 14.0. The third kappa shape index (κ3) is 7.09. The predicted molar refractivity (Wildman–Crippen MR) is 85.9 cm³/mol. The first-order valence-corrected chi connectivity index (χ1v) is 7.62. The minimum absolute atomic E-state index is 0.244. The average molecular weight is 290 g/mol. The molecule has 1 aromatic rings. The molecular formula is C18H26O3. The monoisotopic (exact) mass is 290 g/mol. The van der Waals surface area contributed by atoms with Crippen LogP contribution in [-0.2, 0) is 14.3 Å². The van der Waals surface area contributed by atoms with Crippen molar-refractivity contribution < 1.29 is 14.3 Å². The zero-order chi connectivity index (χ0) is 15.5. The van der Waals surface area contributed by atoms with Gasteiger partial charge in [0.1, 0.15) is 0 Å². The molecule has 21 heavy (non-hydrogen) atoms. The molecule has 1 rings (SSSR count). The van der Waals surface area contributed by atoms with Crippen LogP contribution >= 0.6 is 0 Å². The minimum Gasteiger partial charge on any atom is -0.462 e. The Morgan fingerprint density at radius 2 is 1.90 bits per heavy atom. The van der Waals surface area contributed by atoms with Crippen molar-refractivity contribution in [3.63, 3.8) is 0 Å². The van der Waals surface area contributed by atoms with Crippen LogP contribution in [0, 0.1) is 5.92 Å². The fraction of sp³-hybridized carbons (Fsp3) is 0.500. The molecule has 2 unspecified atom stereocenters. The highest BCUT2D eigenvalue weighted by Gasteiger charge is 2.14. The molecule has 116 valence electrons. The molecule has 3 nitrogen and oxygen atoms in total. The molecule has 0 bridgehead atoms. The number of rotatable bonds is 9. The van der Waals surface area contributed by atoms with Gasteiger partial charge in [0.15, 0.2) is 0 Å². The van der Waals surface area contributed by atoms with E-state index in [0.717, 1.165) is 24.8 Å². The molecule has 1 aromatic carbocycles. The van der Waals surface area contributed by atoms with Crippen molar-refractivity contribution in [3.8, 4) is 0 Å². The molecule has 0 aliphatic carbocycles. The van der Waals surface area contributed by atoms with Crippen LogP contribution in [0.2, 0.25) is 0 Å². The van der Waals surface area contributed by atoms with E-state index in [9.17, 15) is 4.79 Å². The summed E-state index contributed by atoms with van der Waals surface area (Å²) in [6.45, 7) is 4.67. The second-order valence-electron chi connectivity index (χ2n) is 5.15. The van der Waals surface area contributed by atoms with Crippen LogP contribution in [0.3, 0.4) is 0 Å². The number of benzene rings is 1. The summed E-state index contributed by atoms with van der Waals surface area (Å²) in [5.41, 5.74) is 0.993. The van der Waals surface area contributed by atoms with Crippen LogP contribution in [0.15, 0.2) is 36.4 Å². The summed E-state index contributed by atoms with van der Waals surface area (Å²) in [5.74, 6) is 0.0618. The van der Waals surface area contributed by atoms with Crippen molar-refractivity contribution in [2.75, 3.05) is 13.7 Å². The highest BCUT2D eigenvalue weighted by atomic mass is 16.5. The Hall–Kier alpha value is -1.61. The highest BCUT2D eigenvalue weighted by Crippen LogP contribution is 2.16. The summed E-state index contributed by atoms with van der Waals surface area (Å²) in [7, 11) is 1.73. The molecule has 0 aromatic heterocycles. The third-order valence-corrected chi connectivity index (χ3v) is 3.63. The first-order chi connectivity index (χ1) is 10.2. The van der Waals surface area contributed by atoms with Gasteiger partial charge in [-0.2, -0.15) is 0 Å². The van der Waals surface area contributed by atoms with Gasteiger partial charge in [0.2, 0.25) is 0 Å². The van der Waals surface area contributed by atoms with Crippen LogP contribution in [0.1, 0.15) is 38.7 Å². The third-order valence-electron chi connectivity index (χ3n) is 3.63. The zero-order valence-corrected chi connectivity index (χ0v) is 13.2. The number of ether oxygens (including phenoxy) is 2. The van der Waals surface area contributed by atoms with Crippen molar-refractivity contribution in [2.45, 2.75) is 39.2 Å². The van der Waals surface area contributed by atoms with Crippen molar-refractivity contribution in [1.29, 1.82) is 0 Å². The molecule has 0 saturated heterocycles. The van der Waals surface area contributed by atoms with Crippen LogP contribution in [0.5, 0.6) is 0 Å². The Labute approximate surface area is 128 Å². The molecule has 0 radical (unpaired) electrons. The number of methoxy groups -OCH3 is 1. The average Bonchev–Trinajstić information content (AvgIpc) is 2.54. The lowest BCUT2D eigenvalue weighted by Crippen LogP contribution is -2.20. The molecule has 2 atom stereocenters. The minimum atomic E-state index is -0.289. The van der Waals surface area contributed by atoms with Crippen molar-refractivity contribution in [2.24, 2.45) is 5.92 Å². The van der Waals surface area contributed by atoms with Gasteiger partial charge in [0.25, 0.3) is 0 Å². The van der Waals surface area contributed by atoms with E-state index in [4.69, 9.17) is 9.47 Å². The van der Waals surface area contributed by atoms with E-state index in [1.807, 2.05) is 30.3 Å². The van der Waals surface area contributed by atoms with E-state index in [1.165, 1.54) is 6.08 Å². The van der Waals surface area contributed by atoms with Gasteiger partial charge < -0.3 is 9.47 Å². The molecule has 0 fully saturated rings. The summed E-state index contributed by atoms with van der Waals surface area (Å²) >= 11 is 0. The number of hydrogen-bond acceptors (Lipinski definition) is 3. The van der Waals surface area contributed by atoms with Gasteiger partial charge in [-0.3, -0.25) is 0 Å². The first kappa shape index (κ1) is 17.4. The smallest absolute Gasteiger partial charge is 0.330 e. The number of hydrogen-bond donors (Lipinski definition) is 0. The van der Waals surface area contributed by atoms with E-state index in [-0.39, 0.29) is 12.1 Å². The van der Waals surface area contributed by atoms with Gasteiger partial charge in [0.05, 0.1) is 12.7 Å². The maximum absolute atomic E-state index is 11.7. The Balaban J connectivity index is 2.38. The van der Waals surface area contributed by atoms with Crippen LogP contribution in [0.4, 0.5) is 0 Å². The van der Waals surface area contributed by atoms with E-state index in [1.54, 1.807) is 13.2 Å². The Kier molecular flexibility index (Phi) is 8.44. The van der Waals surface area contributed by atoms with Crippen LogP contribution in [0.25, 0.3) is 6.08 Å². The zero-order valence-electron chi connectivity index (χ0n) is 13.2. The molecule has 3 heteroatoms. The van der Waals surface area contributed by atoms with Gasteiger partial charge in [-0.1, -0.05) is 44.2 Å². The number of esters is 1. The SMILES string of the molecule is CCC(COC(=O)/C=C/c1ccccc1)CC(CC)OC. The largest absolute Gasteiger partial charge is 0.462 e. The molecule has 0 N–H and O–H groups in total. The first-order valence-electron chi connectivity index (χ1n) is 7.62. The molecule has 0 saturated carbocycles. The summed E-state index contributed by atoms with van der Waals surface area (Å²) < 4.78 is 10.7. The topological polar surface area (TPSA) is 35.5 Å². The Morgan fingerprint density at radius 3 is 2.48 bits per heavy atom. The van der Waals surface area contributed by atoms with Crippen LogP contribution < -0.4 is 0 Å². The quantitative estimate of drug-likeness (QED) is 0.508. The highest BCUT2D eigenvalue weighted by molar-refractivity contribution is 5.87. The standard InChI is InChI=1S/C18H26O3/c1-4-15(13-17(5-2)20-3)14-21-18(19)12-11-16-9-7-6-8-10-16/h6-12,15,17H,4-5,13-14H2,1-3H3/b12-11+. The Morgan fingerprint density at radius 1 is 1.19 bits per heavy atom. The van der Waals surface area contributed by atoms with E-state index in [2.05, 4.69) is 13.8 Å². The summed E-state index contributed by atoms with van der Waals surface area (Å²) in [5, 5.41) is 0. The lowest BCUT2D eigenvalue weighted by molar-refractivity contribution is -0.139. The summed E-state index contributed by atoms with van der Waals surface area (Å²) in [6.07, 6.45) is 6.39. The van der Waals surface area contributed by atoms with E-state index in [0.29, 0.717) is 12.5 Å². The molecule has 0 amide bonds. The molecule has 0 aliphatic rings. The van der Waals surface area contributed by atoms with Crippen LogP contribution in [-0.4, -0.2) is 25.8 Å². The van der Waals surface area contributed by atoms with Gasteiger partial charge >= 0.3 is 5.97 Å². The van der Waals surface area contributed by atoms with E-state index >= 15 is 0 Å². The molecular weight excluding hydrogens is 264 g/mol. The van der Waals surface area contributed by atoms with E-state index < -0.39 is 0 Å². The second-order valence-corrected chi connectivity index (χ2v) is 5.15. The lowest BCUT2D eigenvalue weighted by atomic mass is 9.98. The predicted octanol–water partition coefficient (Wildman–Crippen LogP) is 4.08. The molecule has 0 heterocycles. The van der Waals surface area contributed by atoms with Gasteiger partial charge in [-0.25, -0.2) is 4.79 Å². The van der Waals surface area contributed by atoms with Crippen molar-refractivity contribution >= 4 is 12.0 Å².